The number of thioether (sulfide) groups is 1. The van der Waals surface area contributed by atoms with Crippen molar-refractivity contribution in [2.75, 3.05) is 29.2 Å². The Morgan fingerprint density at radius 3 is 2.38 bits per heavy atom. The summed E-state index contributed by atoms with van der Waals surface area (Å²) in [4.78, 5) is 2.33. The van der Waals surface area contributed by atoms with E-state index >= 15 is 0 Å². The lowest BCUT2D eigenvalue weighted by atomic mass is 10.2. The third kappa shape index (κ3) is 1.75. The average Bonchev–Trinajstić information content (AvgIpc) is 2.02. The Balaban J connectivity index is 2.10. The highest BCUT2D eigenvalue weighted by Gasteiger charge is 2.22. The zero-order valence-electron chi connectivity index (χ0n) is 7.73. The number of nitrogens with two attached hydrogens (primary N) is 1. The maximum absolute atomic E-state index is 5.63. The van der Waals surface area contributed by atoms with Crippen LogP contribution in [0.1, 0.15) is 0 Å². The summed E-state index contributed by atoms with van der Waals surface area (Å²) in [6.45, 7) is 0. The second-order valence-corrected chi connectivity index (χ2v) is 4.47. The number of nitrogens with zero attached hydrogens (tertiary/aromatic N) is 1. The topological polar surface area (TPSA) is 29.3 Å². The molecular weight excluding hydrogens is 180 g/mol. The summed E-state index contributed by atoms with van der Waals surface area (Å²) >= 11 is 2.00. The minimum absolute atomic E-state index is 0.716. The van der Waals surface area contributed by atoms with Gasteiger partial charge in [0.05, 0.1) is 0 Å². The second kappa shape index (κ2) is 3.50. The van der Waals surface area contributed by atoms with Gasteiger partial charge in [-0.3, -0.25) is 0 Å². The van der Waals surface area contributed by atoms with E-state index in [1.807, 2.05) is 23.9 Å². The van der Waals surface area contributed by atoms with E-state index in [4.69, 9.17) is 5.73 Å². The molecule has 70 valence electrons. The molecule has 3 heteroatoms. The fraction of sp³-hybridized carbons (Fsp3) is 0.400. The van der Waals surface area contributed by atoms with Crippen LogP contribution in [0.15, 0.2) is 24.3 Å². The maximum atomic E-state index is 5.63. The highest BCUT2D eigenvalue weighted by atomic mass is 32.2. The molecule has 1 heterocycles. The molecule has 0 aliphatic carbocycles. The van der Waals surface area contributed by atoms with Crippen LogP contribution in [-0.2, 0) is 0 Å². The molecule has 1 aliphatic rings. The molecule has 1 fully saturated rings. The fourth-order valence-corrected chi connectivity index (χ4v) is 2.26. The first kappa shape index (κ1) is 8.75. The Morgan fingerprint density at radius 2 is 1.92 bits per heavy atom. The average molecular weight is 194 g/mol. The molecule has 2 rings (SSSR count). The van der Waals surface area contributed by atoms with Crippen LogP contribution in [0.5, 0.6) is 0 Å². The van der Waals surface area contributed by atoms with Gasteiger partial charge >= 0.3 is 0 Å². The summed E-state index contributed by atoms with van der Waals surface area (Å²) in [5.74, 6) is 2.50. The molecule has 1 aromatic carbocycles. The summed E-state index contributed by atoms with van der Waals surface area (Å²) in [6.07, 6.45) is 0. The summed E-state index contributed by atoms with van der Waals surface area (Å²) in [7, 11) is 2.15. The lowest BCUT2D eigenvalue weighted by Crippen LogP contribution is -2.41. The Bertz CT molecular complexity index is 279. The van der Waals surface area contributed by atoms with Gasteiger partial charge in [0.1, 0.15) is 0 Å². The molecule has 1 saturated heterocycles. The normalized spacial score (nSPS) is 16.7. The van der Waals surface area contributed by atoms with Crippen molar-refractivity contribution in [3.05, 3.63) is 24.3 Å². The van der Waals surface area contributed by atoms with Crippen molar-refractivity contribution in [1.82, 2.24) is 0 Å². The van der Waals surface area contributed by atoms with Crippen LogP contribution in [0.2, 0.25) is 0 Å². The monoisotopic (exact) mass is 194 g/mol. The van der Waals surface area contributed by atoms with Crippen LogP contribution in [-0.4, -0.2) is 24.6 Å². The van der Waals surface area contributed by atoms with Crippen molar-refractivity contribution in [2.24, 2.45) is 0 Å². The van der Waals surface area contributed by atoms with Crippen molar-refractivity contribution in [2.45, 2.75) is 6.04 Å². The number of hydrogen-bond donors (Lipinski definition) is 1. The molecule has 0 spiro atoms. The van der Waals surface area contributed by atoms with Gasteiger partial charge in [-0.1, -0.05) is 0 Å². The van der Waals surface area contributed by atoms with Crippen molar-refractivity contribution in [3.63, 3.8) is 0 Å². The molecule has 0 saturated carbocycles. The SMILES string of the molecule is CN(c1ccc(N)cc1)C1CSC1. The van der Waals surface area contributed by atoms with Crippen LogP contribution in [0.25, 0.3) is 0 Å². The van der Waals surface area contributed by atoms with Crippen LogP contribution in [0.4, 0.5) is 11.4 Å². The van der Waals surface area contributed by atoms with Crippen LogP contribution >= 0.6 is 11.8 Å². The number of nitrogen functional groups attached to an aromatic ring is 1. The third-order valence-corrected chi connectivity index (χ3v) is 3.71. The van der Waals surface area contributed by atoms with Gasteiger partial charge in [-0.15, -0.1) is 0 Å². The van der Waals surface area contributed by atoms with Crippen molar-refractivity contribution < 1.29 is 0 Å². The van der Waals surface area contributed by atoms with E-state index in [1.165, 1.54) is 17.2 Å². The molecule has 1 aliphatic heterocycles. The molecule has 13 heavy (non-hydrogen) atoms. The van der Waals surface area contributed by atoms with Gasteiger partial charge in [-0.05, 0) is 24.3 Å². The predicted octanol–water partition coefficient (Wildman–Crippen LogP) is 1.82. The molecule has 1 aromatic rings. The molecule has 0 bridgehead atoms. The zero-order valence-corrected chi connectivity index (χ0v) is 8.55. The molecule has 0 unspecified atom stereocenters. The minimum Gasteiger partial charge on any atom is -0.399 e. The number of rotatable bonds is 2. The molecule has 0 radical (unpaired) electrons. The van der Waals surface area contributed by atoms with E-state index in [9.17, 15) is 0 Å². The maximum Gasteiger partial charge on any atom is 0.0467 e. The number of anilines is 2. The van der Waals surface area contributed by atoms with Gasteiger partial charge in [0, 0.05) is 36.0 Å². The molecule has 0 aromatic heterocycles. The van der Waals surface area contributed by atoms with E-state index in [0.29, 0.717) is 6.04 Å². The first-order valence-corrected chi connectivity index (χ1v) is 5.59. The minimum atomic E-state index is 0.716. The van der Waals surface area contributed by atoms with Gasteiger partial charge in [0.2, 0.25) is 0 Å². The Kier molecular flexibility index (Phi) is 2.36. The smallest absolute Gasteiger partial charge is 0.0467 e. The van der Waals surface area contributed by atoms with Gasteiger partial charge in [0.25, 0.3) is 0 Å². The van der Waals surface area contributed by atoms with E-state index in [1.54, 1.807) is 0 Å². The summed E-state index contributed by atoms with van der Waals surface area (Å²) in [5, 5.41) is 0. The van der Waals surface area contributed by atoms with Gasteiger partial charge in [-0.2, -0.15) is 11.8 Å². The largest absolute Gasteiger partial charge is 0.399 e. The lowest BCUT2D eigenvalue weighted by molar-refractivity contribution is 0.744. The Hall–Kier alpha value is -0.830. The molecular formula is C10H14N2S. The molecule has 0 amide bonds. The highest BCUT2D eigenvalue weighted by Crippen LogP contribution is 2.26. The molecule has 0 atom stereocenters. The van der Waals surface area contributed by atoms with Crippen LogP contribution < -0.4 is 10.6 Å². The van der Waals surface area contributed by atoms with Gasteiger partial charge in [-0.25, -0.2) is 0 Å². The first-order chi connectivity index (χ1) is 6.27. The highest BCUT2D eigenvalue weighted by molar-refractivity contribution is 8.00. The number of benzene rings is 1. The quantitative estimate of drug-likeness (QED) is 0.728. The fourth-order valence-electron chi connectivity index (χ4n) is 1.37. The zero-order chi connectivity index (χ0) is 9.26. The second-order valence-electron chi connectivity index (χ2n) is 3.39. The van der Waals surface area contributed by atoms with Gasteiger partial charge in [0.15, 0.2) is 0 Å². The predicted molar refractivity (Wildman–Crippen MR) is 60.4 cm³/mol. The van der Waals surface area contributed by atoms with Crippen LogP contribution in [0, 0.1) is 0 Å². The lowest BCUT2D eigenvalue weighted by Gasteiger charge is -2.35. The summed E-state index contributed by atoms with van der Waals surface area (Å²) in [5.41, 5.74) is 7.72. The van der Waals surface area contributed by atoms with E-state index in [-0.39, 0.29) is 0 Å². The van der Waals surface area contributed by atoms with Crippen molar-refractivity contribution in [3.8, 4) is 0 Å². The molecule has 2 nitrogen and oxygen atoms in total. The van der Waals surface area contributed by atoms with E-state index < -0.39 is 0 Å². The summed E-state index contributed by atoms with van der Waals surface area (Å²) in [6, 6.07) is 8.79. The Labute approximate surface area is 83.1 Å². The van der Waals surface area contributed by atoms with Gasteiger partial charge < -0.3 is 10.6 Å². The standard InChI is InChI=1S/C10H14N2S/c1-12(10-6-13-7-10)9-4-2-8(11)3-5-9/h2-5,10H,6-7,11H2,1H3. The first-order valence-electron chi connectivity index (χ1n) is 4.43. The van der Waals surface area contributed by atoms with Crippen molar-refractivity contribution in [1.29, 1.82) is 0 Å². The third-order valence-electron chi connectivity index (χ3n) is 2.47. The number of hydrogen-bond acceptors (Lipinski definition) is 3. The van der Waals surface area contributed by atoms with Crippen molar-refractivity contribution >= 4 is 23.1 Å². The summed E-state index contributed by atoms with van der Waals surface area (Å²) < 4.78 is 0. The van der Waals surface area contributed by atoms with E-state index in [0.717, 1.165) is 5.69 Å². The molecule has 2 N–H and O–H groups in total. The van der Waals surface area contributed by atoms with E-state index in [2.05, 4.69) is 24.1 Å². The Morgan fingerprint density at radius 1 is 1.31 bits per heavy atom. The van der Waals surface area contributed by atoms with Crippen LogP contribution in [0.3, 0.4) is 0 Å².